The van der Waals surface area contributed by atoms with E-state index in [1.165, 1.54) is 0 Å². The predicted octanol–water partition coefficient (Wildman–Crippen LogP) is 1.50. The second kappa shape index (κ2) is 2.84. The molecule has 0 aromatic heterocycles. The van der Waals surface area contributed by atoms with Crippen LogP contribution in [0.4, 0.5) is 11.4 Å². The van der Waals surface area contributed by atoms with Crippen LogP contribution in [0.15, 0.2) is 18.2 Å². The second-order valence-corrected chi connectivity index (χ2v) is 3.17. The Hall–Kier alpha value is -0.930. The third-order valence-corrected chi connectivity index (χ3v) is 2.02. The fourth-order valence-electron chi connectivity index (χ4n) is 1.23. The molecule has 12 heavy (non-hydrogen) atoms. The van der Waals surface area contributed by atoms with Gasteiger partial charge in [0.1, 0.15) is 6.23 Å². The molecule has 1 aliphatic rings. The minimum atomic E-state index is -0.515. The Balaban J connectivity index is 2.37. The fourth-order valence-corrected chi connectivity index (χ4v) is 1.40. The number of fused-ring (bicyclic) bond motifs is 1. The van der Waals surface area contributed by atoms with Gasteiger partial charge in [-0.15, -0.1) is 0 Å². The van der Waals surface area contributed by atoms with E-state index in [4.69, 9.17) is 11.6 Å². The summed E-state index contributed by atoms with van der Waals surface area (Å²) >= 11 is 5.78. The van der Waals surface area contributed by atoms with Crippen molar-refractivity contribution in [3.05, 3.63) is 23.2 Å². The number of anilines is 2. The van der Waals surface area contributed by atoms with Gasteiger partial charge >= 0.3 is 0 Å². The molecule has 4 heteroatoms. The molecule has 0 saturated heterocycles. The average molecular weight is 185 g/mol. The third kappa shape index (κ3) is 1.33. The molecule has 3 nitrogen and oxygen atoms in total. The molecule has 1 unspecified atom stereocenters. The first-order chi connectivity index (χ1) is 5.75. The van der Waals surface area contributed by atoms with Crippen LogP contribution in [0.25, 0.3) is 0 Å². The van der Waals surface area contributed by atoms with Crippen molar-refractivity contribution in [1.29, 1.82) is 0 Å². The minimum Gasteiger partial charge on any atom is -0.379 e. The number of nitrogens with one attached hydrogen (secondary N) is 2. The van der Waals surface area contributed by atoms with Crippen molar-refractivity contribution >= 4 is 23.0 Å². The van der Waals surface area contributed by atoms with Crippen LogP contribution in [0.2, 0.25) is 5.02 Å². The molecule has 0 amide bonds. The van der Waals surface area contributed by atoms with Gasteiger partial charge in [-0.25, -0.2) is 0 Å². The van der Waals surface area contributed by atoms with Crippen LogP contribution in [0.3, 0.4) is 0 Å². The fraction of sp³-hybridized carbons (Fsp3) is 0.250. The summed E-state index contributed by atoms with van der Waals surface area (Å²) in [5, 5.41) is 15.9. The zero-order valence-electron chi connectivity index (χ0n) is 6.34. The van der Waals surface area contributed by atoms with E-state index in [1.807, 2.05) is 12.1 Å². The Labute approximate surface area is 75.4 Å². The molecule has 0 fully saturated rings. The summed E-state index contributed by atoms with van der Waals surface area (Å²) in [6.07, 6.45) is -0.515. The number of aliphatic hydroxyl groups is 1. The summed E-state index contributed by atoms with van der Waals surface area (Å²) in [7, 11) is 0. The predicted molar refractivity (Wildman–Crippen MR) is 49.6 cm³/mol. The first-order valence-electron chi connectivity index (χ1n) is 3.74. The first-order valence-corrected chi connectivity index (χ1v) is 4.11. The highest BCUT2D eigenvalue weighted by molar-refractivity contribution is 6.31. The molecule has 1 atom stereocenters. The molecule has 1 aliphatic heterocycles. The van der Waals surface area contributed by atoms with Gasteiger partial charge in [-0.3, -0.25) is 0 Å². The Morgan fingerprint density at radius 1 is 1.42 bits per heavy atom. The van der Waals surface area contributed by atoms with Crippen molar-refractivity contribution in [2.75, 3.05) is 17.2 Å². The van der Waals surface area contributed by atoms with Crippen LogP contribution in [0, 0.1) is 0 Å². The monoisotopic (exact) mass is 184 g/mol. The lowest BCUT2D eigenvalue weighted by Crippen LogP contribution is -2.32. The summed E-state index contributed by atoms with van der Waals surface area (Å²) in [6.45, 7) is 0.507. The van der Waals surface area contributed by atoms with Crippen LogP contribution >= 0.6 is 11.6 Å². The van der Waals surface area contributed by atoms with Gasteiger partial charge in [0.2, 0.25) is 0 Å². The standard InChI is InChI=1S/C8H9ClN2O/c9-5-1-2-6-7(3-5)10-4-8(12)11-6/h1-3,8,10-12H,4H2. The molecule has 1 aromatic rings. The maximum absolute atomic E-state index is 9.22. The van der Waals surface area contributed by atoms with E-state index in [1.54, 1.807) is 6.07 Å². The summed E-state index contributed by atoms with van der Waals surface area (Å²) in [4.78, 5) is 0. The van der Waals surface area contributed by atoms with Crippen molar-refractivity contribution in [2.45, 2.75) is 6.23 Å². The number of benzene rings is 1. The molecule has 0 aliphatic carbocycles. The van der Waals surface area contributed by atoms with E-state index in [0.29, 0.717) is 11.6 Å². The van der Waals surface area contributed by atoms with E-state index in [-0.39, 0.29) is 0 Å². The first kappa shape index (κ1) is 7.71. The van der Waals surface area contributed by atoms with Crippen molar-refractivity contribution in [1.82, 2.24) is 0 Å². The number of aliphatic hydroxyl groups excluding tert-OH is 1. The largest absolute Gasteiger partial charge is 0.379 e. The number of halogens is 1. The topological polar surface area (TPSA) is 44.3 Å². The van der Waals surface area contributed by atoms with E-state index < -0.39 is 6.23 Å². The van der Waals surface area contributed by atoms with Gasteiger partial charge in [0.05, 0.1) is 17.9 Å². The normalized spacial score (nSPS) is 20.7. The maximum Gasteiger partial charge on any atom is 0.141 e. The lowest BCUT2D eigenvalue weighted by molar-refractivity contribution is 0.214. The molecule has 2 rings (SSSR count). The van der Waals surface area contributed by atoms with Crippen LogP contribution < -0.4 is 10.6 Å². The van der Waals surface area contributed by atoms with Crippen LogP contribution in [0.5, 0.6) is 0 Å². The summed E-state index contributed by atoms with van der Waals surface area (Å²) < 4.78 is 0. The summed E-state index contributed by atoms with van der Waals surface area (Å²) in [5.41, 5.74) is 1.82. The van der Waals surface area contributed by atoms with E-state index in [9.17, 15) is 5.11 Å². The maximum atomic E-state index is 9.22. The van der Waals surface area contributed by atoms with Crippen molar-refractivity contribution in [3.8, 4) is 0 Å². The Kier molecular flexibility index (Phi) is 1.83. The Morgan fingerprint density at radius 3 is 3.08 bits per heavy atom. The summed E-state index contributed by atoms with van der Waals surface area (Å²) in [6, 6.07) is 5.45. The number of hydrogen-bond acceptors (Lipinski definition) is 3. The molecular formula is C8H9ClN2O. The van der Waals surface area contributed by atoms with Gasteiger partial charge in [-0.05, 0) is 18.2 Å². The quantitative estimate of drug-likeness (QED) is 0.573. The molecule has 1 aromatic carbocycles. The summed E-state index contributed by atoms with van der Waals surface area (Å²) in [5.74, 6) is 0. The zero-order chi connectivity index (χ0) is 8.55. The SMILES string of the molecule is OC1CNc2cc(Cl)ccc2N1. The van der Waals surface area contributed by atoms with Crippen molar-refractivity contribution < 1.29 is 5.11 Å². The van der Waals surface area contributed by atoms with Gasteiger partial charge < -0.3 is 15.7 Å². The average Bonchev–Trinajstić information content (AvgIpc) is 2.05. The molecular weight excluding hydrogens is 176 g/mol. The molecule has 0 radical (unpaired) electrons. The lowest BCUT2D eigenvalue weighted by Gasteiger charge is -2.24. The highest BCUT2D eigenvalue weighted by Crippen LogP contribution is 2.28. The third-order valence-electron chi connectivity index (χ3n) is 1.79. The highest BCUT2D eigenvalue weighted by Gasteiger charge is 2.13. The van der Waals surface area contributed by atoms with Crippen LogP contribution in [0.1, 0.15) is 0 Å². The van der Waals surface area contributed by atoms with Gasteiger partial charge in [-0.2, -0.15) is 0 Å². The zero-order valence-corrected chi connectivity index (χ0v) is 7.10. The molecule has 1 heterocycles. The van der Waals surface area contributed by atoms with E-state index >= 15 is 0 Å². The smallest absolute Gasteiger partial charge is 0.141 e. The van der Waals surface area contributed by atoms with Gasteiger partial charge in [0.15, 0.2) is 0 Å². The van der Waals surface area contributed by atoms with Crippen molar-refractivity contribution in [2.24, 2.45) is 0 Å². The van der Waals surface area contributed by atoms with Crippen LogP contribution in [-0.2, 0) is 0 Å². The molecule has 0 spiro atoms. The lowest BCUT2D eigenvalue weighted by atomic mass is 10.2. The van der Waals surface area contributed by atoms with E-state index in [0.717, 1.165) is 11.4 Å². The number of hydrogen-bond donors (Lipinski definition) is 3. The molecule has 0 bridgehead atoms. The van der Waals surface area contributed by atoms with Crippen LogP contribution in [-0.4, -0.2) is 17.9 Å². The number of rotatable bonds is 0. The number of β-amino-alcohol motifs (C(OH)–C–C–N with tert-alkyl or cyclic N) is 1. The van der Waals surface area contributed by atoms with Gasteiger partial charge in [-0.1, -0.05) is 11.6 Å². The molecule has 64 valence electrons. The Morgan fingerprint density at radius 2 is 2.25 bits per heavy atom. The van der Waals surface area contributed by atoms with Gasteiger partial charge in [0, 0.05) is 5.02 Å². The van der Waals surface area contributed by atoms with Crippen molar-refractivity contribution in [3.63, 3.8) is 0 Å². The minimum absolute atomic E-state index is 0.507. The molecule has 3 N–H and O–H groups in total. The highest BCUT2D eigenvalue weighted by atomic mass is 35.5. The van der Waals surface area contributed by atoms with E-state index in [2.05, 4.69) is 10.6 Å². The Bertz CT molecular complexity index is 303. The molecule has 0 saturated carbocycles. The second-order valence-electron chi connectivity index (χ2n) is 2.73. The van der Waals surface area contributed by atoms with Gasteiger partial charge in [0.25, 0.3) is 0 Å².